The molecule has 1 aliphatic carbocycles. The number of hydrogen-bond donors (Lipinski definition) is 1. The summed E-state index contributed by atoms with van der Waals surface area (Å²) in [7, 11) is -2.02. The summed E-state index contributed by atoms with van der Waals surface area (Å²) in [4.78, 5) is 0.0278. The molecule has 0 radical (unpaired) electrons. The van der Waals surface area contributed by atoms with Crippen LogP contribution in [0.2, 0.25) is 5.02 Å². The molecule has 6 heteroatoms. The van der Waals surface area contributed by atoms with Crippen molar-refractivity contribution in [2.45, 2.75) is 37.0 Å². The summed E-state index contributed by atoms with van der Waals surface area (Å²) in [5.74, 6) is 0.437. The highest BCUT2D eigenvalue weighted by Gasteiger charge is 2.28. The molecule has 2 rings (SSSR count). The second-order valence-corrected chi connectivity index (χ2v) is 7.84. The molecule has 1 aromatic carbocycles. The predicted octanol–water partition coefficient (Wildman–Crippen LogP) is 3.12. The maximum Gasteiger partial charge on any atom is 0.246 e. The maximum atomic E-state index is 12.6. The van der Waals surface area contributed by atoms with Crippen molar-refractivity contribution in [2.75, 3.05) is 19.3 Å². The molecule has 0 atom stereocenters. The minimum Gasteiger partial charge on any atom is -0.398 e. The molecule has 1 aliphatic rings. The van der Waals surface area contributed by atoms with E-state index in [1.165, 1.54) is 23.6 Å². The lowest BCUT2D eigenvalue weighted by atomic mass is 9.89. The fourth-order valence-corrected chi connectivity index (χ4v) is 4.66. The van der Waals surface area contributed by atoms with E-state index < -0.39 is 10.0 Å². The van der Waals surface area contributed by atoms with E-state index in [4.69, 9.17) is 17.3 Å². The summed E-state index contributed by atoms with van der Waals surface area (Å²) in [6.45, 7) is 0.535. The van der Waals surface area contributed by atoms with Gasteiger partial charge in [-0.25, -0.2) is 12.7 Å². The largest absolute Gasteiger partial charge is 0.398 e. The standard InChI is InChI=1S/C14H21ClN2O2S/c1-17(10-11-6-3-2-4-7-11)20(18,19)14-12(15)8-5-9-13(14)16/h5,8-9,11H,2-4,6-7,10,16H2,1H3. The van der Waals surface area contributed by atoms with Gasteiger partial charge in [-0.1, -0.05) is 36.9 Å². The van der Waals surface area contributed by atoms with Crippen molar-refractivity contribution in [3.63, 3.8) is 0 Å². The number of nitrogen functional groups attached to an aromatic ring is 1. The summed E-state index contributed by atoms with van der Waals surface area (Å²) in [5, 5.41) is 0.181. The third-order valence-electron chi connectivity index (χ3n) is 3.91. The van der Waals surface area contributed by atoms with Gasteiger partial charge in [0.15, 0.2) is 0 Å². The molecule has 0 spiro atoms. The van der Waals surface area contributed by atoms with Crippen LogP contribution in [0.25, 0.3) is 0 Å². The summed E-state index contributed by atoms with van der Waals surface area (Å²) >= 11 is 6.02. The minimum atomic E-state index is -3.62. The molecule has 1 aromatic rings. The highest BCUT2D eigenvalue weighted by Crippen LogP contribution is 2.31. The fraction of sp³-hybridized carbons (Fsp3) is 0.571. The normalized spacial score (nSPS) is 17.6. The number of halogens is 1. The monoisotopic (exact) mass is 316 g/mol. The lowest BCUT2D eigenvalue weighted by Crippen LogP contribution is -2.33. The van der Waals surface area contributed by atoms with E-state index >= 15 is 0 Å². The Bertz CT molecular complexity index is 548. The van der Waals surface area contributed by atoms with E-state index in [9.17, 15) is 8.42 Å². The number of sulfonamides is 1. The molecule has 4 nitrogen and oxygen atoms in total. The first-order valence-corrected chi connectivity index (χ1v) is 8.75. The number of benzene rings is 1. The van der Waals surface area contributed by atoms with E-state index in [1.54, 1.807) is 25.2 Å². The van der Waals surface area contributed by atoms with Gasteiger partial charge in [0, 0.05) is 13.6 Å². The zero-order chi connectivity index (χ0) is 14.8. The molecule has 1 fully saturated rings. The number of anilines is 1. The van der Waals surface area contributed by atoms with Crippen molar-refractivity contribution in [1.82, 2.24) is 4.31 Å². The summed E-state index contributed by atoms with van der Waals surface area (Å²) in [6, 6.07) is 4.77. The Balaban J connectivity index is 2.21. The van der Waals surface area contributed by atoms with Crippen LogP contribution in [0.4, 0.5) is 5.69 Å². The zero-order valence-electron chi connectivity index (χ0n) is 11.7. The Morgan fingerprint density at radius 2 is 1.95 bits per heavy atom. The van der Waals surface area contributed by atoms with Gasteiger partial charge in [-0.15, -0.1) is 0 Å². The van der Waals surface area contributed by atoms with Crippen molar-refractivity contribution in [3.8, 4) is 0 Å². The highest BCUT2D eigenvalue weighted by molar-refractivity contribution is 7.89. The van der Waals surface area contributed by atoms with Crippen LogP contribution in [0.15, 0.2) is 23.1 Å². The van der Waals surface area contributed by atoms with Crippen molar-refractivity contribution >= 4 is 27.3 Å². The zero-order valence-corrected chi connectivity index (χ0v) is 13.3. The first kappa shape index (κ1) is 15.6. The van der Waals surface area contributed by atoms with E-state index in [0.29, 0.717) is 12.5 Å². The Morgan fingerprint density at radius 3 is 2.55 bits per heavy atom. The molecule has 0 bridgehead atoms. The summed E-state index contributed by atoms with van der Waals surface area (Å²) in [6.07, 6.45) is 5.82. The third-order valence-corrected chi connectivity index (χ3v) is 6.27. The van der Waals surface area contributed by atoms with Gasteiger partial charge in [0.2, 0.25) is 10.0 Å². The average molecular weight is 317 g/mol. The van der Waals surface area contributed by atoms with Crippen LogP contribution >= 0.6 is 11.6 Å². The summed E-state index contributed by atoms with van der Waals surface area (Å²) < 4.78 is 26.6. The van der Waals surface area contributed by atoms with Gasteiger partial charge in [-0.2, -0.15) is 0 Å². The van der Waals surface area contributed by atoms with E-state index in [2.05, 4.69) is 0 Å². The third kappa shape index (κ3) is 3.27. The van der Waals surface area contributed by atoms with E-state index in [0.717, 1.165) is 12.8 Å². The molecule has 0 aromatic heterocycles. The van der Waals surface area contributed by atoms with Crippen LogP contribution in [0.5, 0.6) is 0 Å². The minimum absolute atomic E-state index is 0.0278. The van der Waals surface area contributed by atoms with Crippen LogP contribution in [-0.2, 0) is 10.0 Å². The highest BCUT2D eigenvalue weighted by atomic mass is 35.5. The first-order chi connectivity index (χ1) is 9.43. The quantitative estimate of drug-likeness (QED) is 0.868. The van der Waals surface area contributed by atoms with Gasteiger partial charge >= 0.3 is 0 Å². The van der Waals surface area contributed by atoms with Crippen molar-refractivity contribution in [3.05, 3.63) is 23.2 Å². The Morgan fingerprint density at radius 1 is 1.30 bits per heavy atom. The second kappa shape index (κ2) is 6.33. The van der Waals surface area contributed by atoms with Gasteiger partial charge in [-0.3, -0.25) is 0 Å². The Labute approximate surface area is 126 Å². The average Bonchev–Trinajstić information content (AvgIpc) is 2.39. The fourth-order valence-electron chi connectivity index (χ4n) is 2.78. The van der Waals surface area contributed by atoms with Crippen LogP contribution in [0.1, 0.15) is 32.1 Å². The molecule has 0 aliphatic heterocycles. The predicted molar refractivity (Wildman–Crippen MR) is 82.3 cm³/mol. The lowest BCUT2D eigenvalue weighted by Gasteiger charge is -2.27. The molecular weight excluding hydrogens is 296 g/mol. The molecule has 1 saturated carbocycles. The van der Waals surface area contributed by atoms with Gasteiger partial charge in [0.1, 0.15) is 4.90 Å². The van der Waals surface area contributed by atoms with Crippen LogP contribution < -0.4 is 5.73 Å². The van der Waals surface area contributed by atoms with E-state index in [-0.39, 0.29) is 15.6 Å². The Hall–Kier alpha value is -0.780. The number of nitrogens with two attached hydrogens (primary N) is 1. The number of rotatable bonds is 4. The molecule has 0 amide bonds. The number of nitrogens with zero attached hydrogens (tertiary/aromatic N) is 1. The van der Waals surface area contributed by atoms with Crippen LogP contribution in [-0.4, -0.2) is 26.3 Å². The number of hydrogen-bond acceptors (Lipinski definition) is 3. The van der Waals surface area contributed by atoms with Gasteiger partial charge < -0.3 is 5.73 Å². The van der Waals surface area contributed by atoms with Crippen LogP contribution in [0.3, 0.4) is 0 Å². The molecule has 0 heterocycles. The topological polar surface area (TPSA) is 63.4 Å². The molecule has 0 saturated heterocycles. The second-order valence-electron chi connectivity index (χ2n) is 5.45. The van der Waals surface area contributed by atoms with Crippen molar-refractivity contribution in [2.24, 2.45) is 5.92 Å². The molecule has 20 heavy (non-hydrogen) atoms. The molecule has 0 unspecified atom stereocenters. The SMILES string of the molecule is CN(CC1CCCCC1)S(=O)(=O)c1c(N)cccc1Cl. The van der Waals surface area contributed by atoms with E-state index in [1.807, 2.05) is 0 Å². The van der Waals surface area contributed by atoms with Gasteiger partial charge in [-0.05, 0) is 30.9 Å². The molecule has 2 N–H and O–H groups in total. The Kier molecular flexibility index (Phi) is 4.94. The molecular formula is C14H21ClN2O2S. The van der Waals surface area contributed by atoms with Crippen molar-refractivity contribution < 1.29 is 8.42 Å². The van der Waals surface area contributed by atoms with Crippen molar-refractivity contribution in [1.29, 1.82) is 0 Å². The smallest absolute Gasteiger partial charge is 0.246 e. The molecule has 112 valence electrons. The lowest BCUT2D eigenvalue weighted by molar-refractivity contribution is 0.300. The first-order valence-electron chi connectivity index (χ1n) is 6.93. The van der Waals surface area contributed by atoms with Gasteiger partial charge in [0.25, 0.3) is 0 Å². The maximum absolute atomic E-state index is 12.6. The summed E-state index contributed by atoms with van der Waals surface area (Å²) in [5.41, 5.74) is 5.99. The van der Waals surface area contributed by atoms with Crippen LogP contribution in [0, 0.1) is 5.92 Å². The van der Waals surface area contributed by atoms with Gasteiger partial charge in [0.05, 0.1) is 10.7 Å².